The first kappa shape index (κ1) is 12.0. The van der Waals surface area contributed by atoms with Gasteiger partial charge in [0.05, 0.1) is 24.6 Å². The van der Waals surface area contributed by atoms with Crippen LogP contribution >= 0.6 is 0 Å². The van der Waals surface area contributed by atoms with Crippen molar-refractivity contribution >= 4 is 17.3 Å². The standard InChI is InChI=1S/C13H14N2O3/c1-8-10(5-6-18-8)13(16)15-11-4-3-9(14)7-12(11)17-2/h3-7H,14H2,1-2H3,(H,15,16). The average Bonchev–Trinajstić information content (AvgIpc) is 2.77. The van der Waals surface area contributed by atoms with Gasteiger partial charge in [-0.1, -0.05) is 0 Å². The van der Waals surface area contributed by atoms with E-state index in [1.54, 1.807) is 31.2 Å². The van der Waals surface area contributed by atoms with E-state index < -0.39 is 0 Å². The van der Waals surface area contributed by atoms with Crippen LogP contribution in [0.15, 0.2) is 34.9 Å². The lowest BCUT2D eigenvalue weighted by Gasteiger charge is -2.10. The summed E-state index contributed by atoms with van der Waals surface area (Å²) >= 11 is 0. The van der Waals surface area contributed by atoms with E-state index in [1.807, 2.05) is 0 Å². The molecule has 0 aliphatic rings. The molecule has 0 atom stereocenters. The van der Waals surface area contributed by atoms with Crippen LogP contribution in [0.5, 0.6) is 5.75 Å². The van der Waals surface area contributed by atoms with Crippen molar-refractivity contribution in [2.75, 3.05) is 18.2 Å². The molecule has 0 unspecified atom stereocenters. The van der Waals surface area contributed by atoms with E-state index >= 15 is 0 Å². The Morgan fingerprint density at radius 2 is 2.17 bits per heavy atom. The topological polar surface area (TPSA) is 77.5 Å². The number of aryl methyl sites for hydroxylation is 1. The number of benzene rings is 1. The average molecular weight is 246 g/mol. The third kappa shape index (κ3) is 2.29. The number of ether oxygens (including phenoxy) is 1. The van der Waals surface area contributed by atoms with Crippen molar-refractivity contribution in [2.45, 2.75) is 6.92 Å². The molecule has 0 saturated heterocycles. The highest BCUT2D eigenvalue weighted by atomic mass is 16.5. The van der Waals surface area contributed by atoms with Crippen molar-refractivity contribution in [3.63, 3.8) is 0 Å². The minimum atomic E-state index is -0.246. The summed E-state index contributed by atoms with van der Waals surface area (Å²) < 4.78 is 10.2. The van der Waals surface area contributed by atoms with Crippen molar-refractivity contribution < 1.29 is 13.9 Å². The number of hydrogen-bond donors (Lipinski definition) is 2. The second-order valence-electron chi connectivity index (χ2n) is 3.80. The van der Waals surface area contributed by atoms with Crippen molar-refractivity contribution in [3.05, 3.63) is 41.9 Å². The Balaban J connectivity index is 2.24. The zero-order chi connectivity index (χ0) is 13.1. The number of rotatable bonds is 3. The number of anilines is 2. The van der Waals surface area contributed by atoms with Gasteiger partial charge in [-0.2, -0.15) is 0 Å². The minimum absolute atomic E-state index is 0.246. The van der Waals surface area contributed by atoms with E-state index in [-0.39, 0.29) is 5.91 Å². The zero-order valence-corrected chi connectivity index (χ0v) is 10.2. The normalized spacial score (nSPS) is 10.1. The van der Waals surface area contributed by atoms with Crippen LogP contribution in [0.4, 0.5) is 11.4 Å². The summed E-state index contributed by atoms with van der Waals surface area (Å²) in [5.74, 6) is 0.843. The molecule has 1 aromatic carbocycles. The molecule has 94 valence electrons. The maximum atomic E-state index is 12.0. The Morgan fingerprint density at radius 3 is 2.78 bits per heavy atom. The van der Waals surface area contributed by atoms with Gasteiger partial charge in [-0.15, -0.1) is 0 Å². The van der Waals surface area contributed by atoms with E-state index in [9.17, 15) is 4.79 Å². The monoisotopic (exact) mass is 246 g/mol. The Labute approximate surface area is 105 Å². The molecule has 1 amide bonds. The van der Waals surface area contributed by atoms with Crippen molar-refractivity contribution in [2.24, 2.45) is 0 Å². The fraction of sp³-hybridized carbons (Fsp3) is 0.154. The number of furan rings is 1. The molecule has 0 spiro atoms. The van der Waals surface area contributed by atoms with Crippen LogP contribution in [0.25, 0.3) is 0 Å². The van der Waals surface area contributed by atoms with Crippen molar-refractivity contribution in [1.29, 1.82) is 0 Å². The van der Waals surface area contributed by atoms with E-state index in [2.05, 4.69) is 5.32 Å². The number of methoxy groups -OCH3 is 1. The van der Waals surface area contributed by atoms with Crippen molar-refractivity contribution in [3.8, 4) is 5.75 Å². The molecule has 0 radical (unpaired) electrons. The molecule has 0 aliphatic carbocycles. The summed E-state index contributed by atoms with van der Waals surface area (Å²) in [5, 5.41) is 2.75. The number of nitrogens with two attached hydrogens (primary N) is 1. The lowest BCUT2D eigenvalue weighted by Crippen LogP contribution is -2.13. The van der Waals surface area contributed by atoms with E-state index in [4.69, 9.17) is 14.9 Å². The quantitative estimate of drug-likeness (QED) is 0.815. The highest BCUT2D eigenvalue weighted by Crippen LogP contribution is 2.27. The molecular formula is C13H14N2O3. The smallest absolute Gasteiger partial charge is 0.259 e. The highest BCUT2D eigenvalue weighted by molar-refractivity contribution is 6.05. The number of amides is 1. The fourth-order valence-electron chi connectivity index (χ4n) is 1.62. The van der Waals surface area contributed by atoms with Crippen LogP contribution in [-0.4, -0.2) is 13.0 Å². The maximum Gasteiger partial charge on any atom is 0.259 e. The molecule has 1 heterocycles. The second kappa shape index (κ2) is 4.83. The summed E-state index contributed by atoms with van der Waals surface area (Å²) in [5.41, 5.74) is 7.28. The molecule has 2 aromatic rings. The van der Waals surface area contributed by atoms with E-state index in [1.165, 1.54) is 13.4 Å². The molecule has 5 heteroatoms. The number of hydrogen-bond acceptors (Lipinski definition) is 4. The van der Waals surface area contributed by atoms with Crippen LogP contribution < -0.4 is 15.8 Å². The Morgan fingerprint density at radius 1 is 1.39 bits per heavy atom. The third-order valence-corrected chi connectivity index (χ3v) is 2.58. The fourth-order valence-corrected chi connectivity index (χ4v) is 1.62. The molecule has 0 saturated carbocycles. The van der Waals surface area contributed by atoms with Gasteiger partial charge in [-0.3, -0.25) is 4.79 Å². The first-order valence-corrected chi connectivity index (χ1v) is 5.41. The maximum absolute atomic E-state index is 12.0. The molecule has 18 heavy (non-hydrogen) atoms. The molecule has 2 rings (SSSR count). The van der Waals surface area contributed by atoms with Crippen LogP contribution in [0.2, 0.25) is 0 Å². The summed E-state index contributed by atoms with van der Waals surface area (Å²) in [4.78, 5) is 12.0. The van der Waals surface area contributed by atoms with Gasteiger partial charge in [0.1, 0.15) is 11.5 Å². The van der Waals surface area contributed by atoms with E-state index in [0.29, 0.717) is 28.4 Å². The molecule has 0 fully saturated rings. The van der Waals surface area contributed by atoms with Gasteiger partial charge in [-0.25, -0.2) is 0 Å². The van der Waals surface area contributed by atoms with Gasteiger partial charge in [0, 0.05) is 11.8 Å². The predicted molar refractivity (Wildman–Crippen MR) is 68.8 cm³/mol. The number of nitrogens with one attached hydrogen (secondary N) is 1. The lowest BCUT2D eigenvalue weighted by molar-refractivity contribution is 0.102. The largest absolute Gasteiger partial charge is 0.494 e. The van der Waals surface area contributed by atoms with E-state index in [0.717, 1.165) is 0 Å². The molecule has 5 nitrogen and oxygen atoms in total. The highest BCUT2D eigenvalue weighted by Gasteiger charge is 2.13. The summed E-state index contributed by atoms with van der Waals surface area (Å²) in [6, 6.07) is 6.66. The molecule has 0 aliphatic heterocycles. The molecule has 3 N–H and O–H groups in total. The minimum Gasteiger partial charge on any atom is -0.494 e. The van der Waals surface area contributed by atoms with Gasteiger partial charge >= 0.3 is 0 Å². The van der Waals surface area contributed by atoms with Gasteiger partial charge in [0.15, 0.2) is 0 Å². The number of nitrogen functional groups attached to an aromatic ring is 1. The third-order valence-electron chi connectivity index (χ3n) is 2.58. The van der Waals surface area contributed by atoms with Gasteiger partial charge in [-0.05, 0) is 25.1 Å². The first-order chi connectivity index (χ1) is 8.61. The zero-order valence-electron chi connectivity index (χ0n) is 10.2. The molecule has 1 aromatic heterocycles. The molecule has 0 bridgehead atoms. The van der Waals surface area contributed by atoms with Gasteiger partial charge in [0.25, 0.3) is 5.91 Å². The summed E-state index contributed by atoms with van der Waals surface area (Å²) in [6.45, 7) is 1.73. The Hall–Kier alpha value is -2.43. The second-order valence-corrected chi connectivity index (χ2v) is 3.80. The van der Waals surface area contributed by atoms with Crippen LogP contribution in [0, 0.1) is 6.92 Å². The van der Waals surface area contributed by atoms with Crippen molar-refractivity contribution in [1.82, 2.24) is 0 Å². The summed E-state index contributed by atoms with van der Waals surface area (Å²) in [7, 11) is 1.52. The van der Waals surface area contributed by atoms with Crippen LogP contribution in [-0.2, 0) is 0 Å². The van der Waals surface area contributed by atoms with Gasteiger partial charge in [0.2, 0.25) is 0 Å². The van der Waals surface area contributed by atoms with Gasteiger partial charge < -0.3 is 20.2 Å². The summed E-state index contributed by atoms with van der Waals surface area (Å²) in [6.07, 6.45) is 1.48. The lowest BCUT2D eigenvalue weighted by atomic mass is 10.2. The van der Waals surface area contributed by atoms with Crippen LogP contribution in [0.3, 0.4) is 0 Å². The Bertz CT molecular complexity index is 575. The number of carbonyl (C=O) groups is 1. The molecular weight excluding hydrogens is 232 g/mol. The number of carbonyl (C=O) groups excluding carboxylic acids is 1. The first-order valence-electron chi connectivity index (χ1n) is 5.41. The Kier molecular flexibility index (Phi) is 3.23. The SMILES string of the molecule is COc1cc(N)ccc1NC(=O)c1ccoc1C. The predicted octanol–water partition coefficient (Wildman–Crippen LogP) is 2.43. The van der Waals surface area contributed by atoms with Crippen LogP contribution in [0.1, 0.15) is 16.1 Å².